The number of aromatic amines is 1. The number of nitrogens with one attached hydrogen (secondary N) is 1. The standard InChI is InChI=1S/C11H14N2OS/c1-8(2)10-6-12-11(15)13(10)7-9-4-3-5-14-9/h3-6,8H,7H2,1-2H3,(H,12,15). The van der Waals surface area contributed by atoms with Gasteiger partial charge in [0.2, 0.25) is 0 Å². The summed E-state index contributed by atoms with van der Waals surface area (Å²) in [5.41, 5.74) is 1.21. The van der Waals surface area contributed by atoms with Gasteiger partial charge in [-0.2, -0.15) is 0 Å². The van der Waals surface area contributed by atoms with Crippen molar-refractivity contribution in [1.29, 1.82) is 0 Å². The molecule has 1 N–H and O–H groups in total. The van der Waals surface area contributed by atoms with Crippen LogP contribution in [0.4, 0.5) is 0 Å². The van der Waals surface area contributed by atoms with Crippen LogP contribution < -0.4 is 0 Å². The van der Waals surface area contributed by atoms with Crippen LogP contribution in [-0.4, -0.2) is 9.55 Å². The van der Waals surface area contributed by atoms with E-state index < -0.39 is 0 Å². The van der Waals surface area contributed by atoms with E-state index in [-0.39, 0.29) is 0 Å². The SMILES string of the molecule is CC(C)c1c[nH]c(=S)n1Cc1ccco1. The lowest BCUT2D eigenvalue weighted by Crippen LogP contribution is -2.05. The fourth-order valence-corrected chi connectivity index (χ4v) is 1.84. The van der Waals surface area contributed by atoms with Gasteiger partial charge in [0.25, 0.3) is 0 Å². The molecule has 15 heavy (non-hydrogen) atoms. The smallest absolute Gasteiger partial charge is 0.177 e. The lowest BCUT2D eigenvalue weighted by molar-refractivity contribution is 0.486. The first-order chi connectivity index (χ1) is 7.18. The summed E-state index contributed by atoms with van der Waals surface area (Å²) in [6.45, 7) is 5.00. The first-order valence-corrected chi connectivity index (χ1v) is 5.40. The molecule has 2 aromatic rings. The molecule has 0 aliphatic carbocycles. The van der Waals surface area contributed by atoms with Crippen LogP contribution in [0.3, 0.4) is 0 Å². The van der Waals surface area contributed by atoms with Crippen LogP contribution in [0.2, 0.25) is 0 Å². The monoisotopic (exact) mass is 222 g/mol. The van der Waals surface area contributed by atoms with E-state index in [2.05, 4.69) is 23.4 Å². The molecule has 0 saturated carbocycles. The summed E-state index contributed by atoms with van der Waals surface area (Å²) in [6, 6.07) is 3.85. The van der Waals surface area contributed by atoms with Crippen LogP contribution in [0.1, 0.15) is 31.2 Å². The van der Waals surface area contributed by atoms with Crippen molar-refractivity contribution >= 4 is 12.2 Å². The Labute approximate surface area is 93.7 Å². The van der Waals surface area contributed by atoms with E-state index in [1.54, 1.807) is 6.26 Å². The predicted octanol–water partition coefficient (Wildman–Crippen LogP) is 3.31. The van der Waals surface area contributed by atoms with Crippen molar-refractivity contribution < 1.29 is 4.42 Å². The second kappa shape index (κ2) is 4.06. The van der Waals surface area contributed by atoms with Crippen molar-refractivity contribution in [2.45, 2.75) is 26.3 Å². The lowest BCUT2D eigenvalue weighted by Gasteiger charge is -2.08. The van der Waals surface area contributed by atoms with Gasteiger partial charge in [-0.05, 0) is 30.3 Å². The summed E-state index contributed by atoms with van der Waals surface area (Å²) >= 11 is 5.23. The van der Waals surface area contributed by atoms with E-state index in [0.29, 0.717) is 12.5 Å². The van der Waals surface area contributed by atoms with Crippen molar-refractivity contribution in [2.75, 3.05) is 0 Å². The van der Waals surface area contributed by atoms with Crippen LogP contribution in [0.5, 0.6) is 0 Å². The quantitative estimate of drug-likeness (QED) is 0.808. The van der Waals surface area contributed by atoms with Gasteiger partial charge in [0.15, 0.2) is 4.77 Å². The van der Waals surface area contributed by atoms with Crippen LogP contribution in [0, 0.1) is 4.77 Å². The normalized spacial score (nSPS) is 11.1. The summed E-state index contributed by atoms with van der Waals surface area (Å²) in [5, 5.41) is 0. The number of aromatic nitrogens is 2. The average molecular weight is 222 g/mol. The highest BCUT2D eigenvalue weighted by molar-refractivity contribution is 7.71. The first kappa shape index (κ1) is 10.2. The van der Waals surface area contributed by atoms with E-state index in [0.717, 1.165) is 10.5 Å². The predicted molar refractivity (Wildman–Crippen MR) is 61.5 cm³/mol. The van der Waals surface area contributed by atoms with Gasteiger partial charge in [-0.3, -0.25) is 0 Å². The first-order valence-electron chi connectivity index (χ1n) is 4.99. The molecule has 0 amide bonds. The van der Waals surface area contributed by atoms with Crippen molar-refractivity contribution in [1.82, 2.24) is 9.55 Å². The van der Waals surface area contributed by atoms with E-state index in [1.165, 1.54) is 5.69 Å². The number of furan rings is 1. The van der Waals surface area contributed by atoms with Gasteiger partial charge in [-0.25, -0.2) is 0 Å². The van der Waals surface area contributed by atoms with Crippen LogP contribution in [0.15, 0.2) is 29.0 Å². The van der Waals surface area contributed by atoms with E-state index in [4.69, 9.17) is 16.6 Å². The Kier molecular flexibility index (Phi) is 2.77. The molecule has 0 unspecified atom stereocenters. The van der Waals surface area contributed by atoms with Gasteiger partial charge >= 0.3 is 0 Å². The molecule has 0 fully saturated rings. The Morgan fingerprint density at radius 1 is 1.53 bits per heavy atom. The third-order valence-corrected chi connectivity index (χ3v) is 2.72. The zero-order valence-corrected chi connectivity index (χ0v) is 9.67. The number of H-pyrrole nitrogens is 1. The molecule has 0 radical (unpaired) electrons. The van der Waals surface area contributed by atoms with E-state index in [1.807, 2.05) is 18.3 Å². The fourth-order valence-electron chi connectivity index (χ4n) is 1.61. The summed E-state index contributed by atoms with van der Waals surface area (Å²) in [4.78, 5) is 3.07. The maximum absolute atomic E-state index is 5.32. The molecule has 0 bridgehead atoms. The summed E-state index contributed by atoms with van der Waals surface area (Å²) in [6.07, 6.45) is 3.65. The van der Waals surface area contributed by atoms with Gasteiger partial charge in [-0.15, -0.1) is 0 Å². The Morgan fingerprint density at radius 3 is 2.93 bits per heavy atom. The zero-order chi connectivity index (χ0) is 10.8. The van der Waals surface area contributed by atoms with Crippen LogP contribution in [0.25, 0.3) is 0 Å². The number of hydrogen-bond donors (Lipinski definition) is 1. The molecule has 0 aromatic carbocycles. The minimum Gasteiger partial charge on any atom is -0.467 e. The molecule has 2 aromatic heterocycles. The molecule has 3 nitrogen and oxygen atoms in total. The number of hydrogen-bond acceptors (Lipinski definition) is 2. The van der Waals surface area contributed by atoms with Gasteiger partial charge in [0.1, 0.15) is 5.76 Å². The Bertz CT molecular complexity index is 479. The number of rotatable bonds is 3. The molecular weight excluding hydrogens is 208 g/mol. The molecule has 2 heterocycles. The molecule has 0 saturated heterocycles. The van der Waals surface area contributed by atoms with Crippen molar-refractivity contribution in [3.8, 4) is 0 Å². The van der Waals surface area contributed by atoms with Crippen molar-refractivity contribution in [3.63, 3.8) is 0 Å². The third kappa shape index (κ3) is 2.04. The van der Waals surface area contributed by atoms with E-state index in [9.17, 15) is 0 Å². The molecule has 0 spiro atoms. The minimum absolute atomic E-state index is 0.452. The highest BCUT2D eigenvalue weighted by Crippen LogP contribution is 2.16. The van der Waals surface area contributed by atoms with Crippen LogP contribution in [-0.2, 0) is 6.54 Å². The molecule has 2 rings (SSSR count). The maximum Gasteiger partial charge on any atom is 0.177 e. The van der Waals surface area contributed by atoms with Gasteiger partial charge < -0.3 is 14.0 Å². The fraction of sp³-hybridized carbons (Fsp3) is 0.364. The molecule has 0 aliphatic heterocycles. The largest absolute Gasteiger partial charge is 0.467 e. The van der Waals surface area contributed by atoms with Crippen molar-refractivity contribution in [2.24, 2.45) is 0 Å². The Hall–Kier alpha value is -1.29. The summed E-state index contributed by atoms with van der Waals surface area (Å²) in [7, 11) is 0. The minimum atomic E-state index is 0.452. The number of imidazole rings is 1. The molecule has 80 valence electrons. The van der Waals surface area contributed by atoms with E-state index >= 15 is 0 Å². The Balaban J connectivity index is 2.35. The second-order valence-electron chi connectivity index (χ2n) is 3.84. The molecule has 0 aliphatic rings. The van der Waals surface area contributed by atoms with Gasteiger partial charge in [0.05, 0.1) is 12.8 Å². The maximum atomic E-state index is 5.32. The van der Waals surface area contributed by atoms with Crippen molar-refractivity contribution in [3.05, 3.63) is 40.8 Å². The second-order valence-corrected chi connectivity index (χ2v) is 4.23. The topological polar surface area (TPSA) is 33.9 Å². The number of nitrogens with zero attached hydrogens (tertiary/aromatic N) is 1. The molecule has 0 atom stereocenters. The Morgan fingerprint density at radius 2 is 2.33 bits per heavy atom. The highest BCUT2D eigenvalue weighted by atomic mass is 32.1. The van der Waals surface area contributed by atoms with Gasteiger partial charge in [0, 0.05) is 11.9 Å². The lowest BCUT2D eigenvalue weighted by atomic mass is 10.1. The summed E-state index contributed by atoms with van der Waals surface area (Å²) in [5.74, 6) is 1.38. The third-order valence-electron chi connectivity index (χ3n) is 2.39. The van der Waals surface area contributed by atoms with Crippen LogP contribution >= 0.6 is 12.2 Å². The molecular formula is C11H14N2OS. The zero-order valence-electron chi connectivity index (χ0n) is 8.86. The van der Waals surface area contributed by atoms with Gasteiger partial charge in [-0.1, -0.05) is 13.8 Å². The highest BCUT2D eigenvalue weighted by Gasteiger charge is 2.09. The average Bonchev–Trinajstić information content (AvgIpc) is 2.78. The summed E-state index contributed by atoms with van der Waals surface area (Å²) < 4.78 is 8.13. The molecule has 4 heteroatoms.